The average Bonchev–Trinajstić information content (AvgIpc) is 2.53. The number of aromatic nitrogens is 2. The van der Waals surface area contributed by atoms with Crippen LogP contribution in [0.1, 0.15) is 16.2 Å². The van der Waals surface area contributed by atoms with Crippen LogP contribution in [0.4, 0.5) is 0 Å². The fourth-order valence-corrected chi connectivity index (χ4v) is 2.48. The third kappa shape index (κ3) is 2.65. The van der Waals surface area contributed by atoms with Crippen molar-refractivity contribution >= 4 is 5.91 Å². The van der Waals surface area contributed by atoms with Crippen LogP contribution in [0, 0.1) is 0 Å². The van der Waals surface area contributed by atoms with Crippen molar-refractivity contribution < 1.29 is 9.53 Å². The highest BCUT2D eigenvalue weighted by Gasteiger charge is 2.20. The minimum absolute atomic E-state index is 0.0100. The highest BCUT2D eigenvalue weighted by atomic mass is 16.5. The van der Waals surface area contributed by atoms with Gasteiger partial charge in [-0.3, -0.25) is 4.79 Å². The first-order chi connectivity index (χ1) is 10.6. The highest BCUT2D eigenvalue weighted by Crippen LogP contribution is 2.33. The van der Waals surface area contributed by atoms with Gasteiger partial charge in [0.25, 0.3) is 5.91 Å². The quantitative estimate of drug-likeness (QED) is 0.898. The summed E-state index contributed by atoms with van der Waals surface area (Å²) in [6.45, 7) is 0.531. The molecule has 0 saturated carbocycles. The minimum atomic E-state index is -0.216. The fraction of sp³-hybridized carbons (Fsp3) is 0.312. The lowest BCUT2D eigenvalue weighted by molar-refractivity contribution is 0.0816. The standard InChI is InChI=1S/C16H18N4O2/c1-20(2)16(21)15-18-7-10(8-19-15)12-4-3-5-14-13(12)6-11(17)9-22-14/h3-5,7-8,11H,6,9,17H2,1-2H3/t11-/m0/s1. The molecular weight excluding hydrogens is 280 g/mol. The first-order valence-electron chi connectivity index (χ1n) is 7.10. The van der Waals surface area contributed by atoms with Crippen molar-refractivity contribution in [3.8, 4) is 16.9 Å². The van der Waals surface area contributed by atoms with Crippen LogP contribution >= 0.6 is 0 Å². The third-order valence-corrected chi connectivity index (χ3v) is 3.61. The third-order valence-electron chi connectivity index (χ3n) is 3.61. The molecule has 0 bridgehead atoms. The maximum absolute atomic E-state index is 11.8. The number of ether oxygens (including phenoxy) is 1. The molecule has 0 saturated heterocycles. The van der Waals surface area contributed by atoms with E-state index in [0.717, 1.165) is 28.9 Å². The molecule has 1 aliphatic rings. The van der Waals surface area contributed by atoms with Crippen LogP contribution in [0.2, 0.25) is 0 Å². The van der Waals surface area contributed by atoms with Crippen molar-refractivity contribution in [1.82, 2.24) is 14.9 Å². The van der Waals surface area contributed by atoms with Crippen molar-refractivity contribution in [3.05, 3.63) is 42.0 Å². The van der Waals surface area contributed by atoms with E-state index in [9.17, 15) is 4.79 Å². The van der Waals surface area contributed by atoms with Crippen LogP contribution in [-0.4, -0.2) is 47.5 Å². The summed E-state index contributed by atoms with van der Waals surface area (Å²) in [6.07, 6.45) is 4.09. The lowest BCUT2D eigenvalue weighted by atomic mass is 9.94. The monoisotopic (exact) mass is 298 g/mol. The maximum atomic E-state index is 11.8. The summed E-state index contributed by atoms with van der Waals surface area (Å²) in [5.41, 5.74) is 8.90. The molecule has 3 rings (SSSR count). The van der Waals surface area contributed by atoms with Gasteiger partial charge in [-0.1, -0.05) is 12.1 Å². The number of amides is 1. The van der Waals surface area contributed by atoms with E-state index in [-0.39, 0.29) is 17.8 Å². The predicted molar refractivity (Wildman–Crippen MR) is 82.7 cm³/mol. The van der Waals surface area contributed by atoms with Crippen molar-refractivity contribution in [2.75, 3.05) is 20.7 Å². The van der Waals surface area contributed by atoms with Gasteiger partial charge in [0, 0.05) is 43.7 Å². The van der Waals surface area contributed by atoms with Crippen LogP contribution in [0.5, 0.6) is 5.75 Å². The summed E-state index contributed by atoms with van der Waals surface area (Å²) < 4.78 is 5.66. The number of nitrogens with zero attached hydrogens (tertiary/aromatic N) is 3. The van der Waals surface area contributed by atoms with Crippen LogP contribution in [-0.2, 0) is 6.42 Å². The molecular formula is C16H18N4O2. The fourth-order valence-electron chi connectivity index (χ4n) is 2.48. The Morgan fingerprint density at radius 2 is 2.05 bits per heavy atom. The first-order valence-corrected chi connectivity index (χ1v) is 7.10. The molecule has 6 nitrogen and oxygen atoms in total. The van der Waals surface area contributed by atoms with Gasteiger partial charge in [-0.25, -0.2) is 9.97 Å². The van der Waals surface area contributed by atoms with Gasteiger partial charge in [-0.15, -0.1) is 0 Å². The normalized spacial score (nSPS) is 16.6. The van der Waals surface area contributed by atoms with Gasteiger partial charge in [0.15, 0.2) is 0 Å². The Labute approximate surface area is 128 Å². The zero-order chi connectivity index (χ0) is 15.7. The largest absolute Gasteiger partial charge is 0.492 e. The average molecular weight is 298 g/mol. The van der Waals surface area contributed by atoms with Gasteiger partial charge in [0.05, 0.1) is 0 Å². The Balaban J connectivity index is 1.97. The smallest absolute Gasteiger partial charge is 0.291 e. The molecule has 1 atom stereocenters. The van der Waals surface area contributed by atoms with E-state index in [1.165, 1.54) is 4.90 Å². The van der Waals surface area contributed by atoms with Gasteiger partial charge < -0.3 is 15.4 Å². The van der Waals surface area contributed by atoms with E-state index in [4.69, 9.17) is 10.5 Å². The van der Waals surface area contributed by atoms with E-state index in [1.54, 1.807) is 26.5 Å². The van der Waals surface area contributed by atoms with Gasteiger partial charge >= 0.3 is 0 Å². The molecule has 0 spiro atoms. The van der Waals surface area contributed by atoms with E-state index >= 15 is 0 Å². The molecule has 2 N–H and O–H groups in total. The van der Waals surface area contributed by atoms with Crippen molar-refractivity contribution in [1.29, 1.82) is 0 Å². The Bertz CT molecular complexity index is 698. The van der Waals surface area contributed by atoms with Crippen molar-refractivity contribution in [3.63, 3.8) is 0 Å². The summed E-state index contributed by atoms with van der Waals surface area (Å²) in [4.78, 5) is 21.6. The Hall–Kier alpha value is -2.47. The summed E-state index contributed by atoms with van der Waals surface area (Å²) >= 11 is 0. The SMILES string of the molecule is CN(C)C(=O)c1ncc(-c2cccc3c2C[C@H](N)CO3)cn1. The number of benzene rings is 1. The molecule has 1 aromatic heterocycles. The molecule has 0 radical (unpaired) electrons. The van der Waals surface area contributed by atoms with Gasteiger partial charge in [0.2, 0.25) is 5.82 Å². The molecule has 1 amide bonds. The zero-order valence-electron chi connectivity index (χ0n) is 12.6. The Morgan fingerprint density at radius 1 is 1.32 bits per heavy atom. The van der Waals surface area contributed by atoms with E-state index in [1.807, 2.05) is 18.2 Å². The van der Waals surface area contributed by atoms with Crippen LogP contribution in [0.15, 0.2) is 30.6 Å². The van der Waals surface area contributed by atoms with E-state index < -0.39 is 0 Å². The molecule has 114 valence electrons. The van der Waals surface area contributed by atoms with Crippen molar-refractivity contribution in [2.24, 2.45) is 5.73 Å². The van der Waals surface area contributed by atoms with E-state index in [2.05, 4.69) is 9.97 Å². The summed E-state index contributed by atoms with van der Waals surface area (Å²) in [7, 11) is 3.35. The number of hydrogen-bond donors (Lipinski definition) is 1. The summed E-state index contributed by atoms with van der Waals surface area (Å²) in [5.74, 6) is 0.825. The molecule has 0 unspecified atom stereocenters. The molecule has 1 aliphatic heterocycles. The minimum Gasteiger partial charge on any atom is -0.492 e. The second-order valence-corrected chi connectivity index (χ2v) is 5.55. The molecule has 1 aromatic carbocycles. The van der Waals surface area contributed by atoms with Crippen molar-refractivity contribution in [2.45, 2.75) is 12.5 Å². The summed E-state index contributed by atoms with van der Waals surface area (Å²) in [5, 5.41) is 0. The van der Waals surface area contributed by atoms with Gasteiger partial charge in [0.1, 0.15) is 12.4 Å². The number of nitrogens with two attached hydrogens (primary N) is 1. The second kappa shape index (κ2) is 5.73. The number of hydrogen-bond acceptors (Lipinski definition) is 5. The predicted octanol–water partition coefficient (Wildman–Crippen LogP) is 1.11. The Kier molecular flexibility index (Phi) is 3.77. The molecule has 6 heteroatoms. The Morgan fingerprint density at radius 3 is 2.73 bits per heavy atom. The second-order valence-electron chi connectivity index (χ2n) is 5.55. The zero-order valence-corrected chi connectivity index (χ0v) is 12.6. The number of rotatable bonds is 2. The molecule has 0 aliphatic carbocycles. The number of carbonyl (C=O) groups is 1. The van der Waals surface area contributed by atoms with Crippen LogP contribution in [0.25, 0.3) is 11.1 Å². The maximum Gasteiger partial charge on any atom is 0.291 e. The highest BCUT2D eigenvalue weighted by molar-refractivity contribution is 5.90. The van der Waals surface area contributed by atoms with E-state index in [0.29, 0.717) is 6.61 Å². The molecule has 2 heterocycles. The summed E-state index contributed by atoms with van der Waals surface area (Å²) in [6, 6.07) is 5.86. The number of carbonyl (C=O) groups excluding carboxylic acids is 1. The molecule has 22 heavy (non-hydrogen) atoms. The molecule has 0 fully saturated rings. The van der Waals surface area contributed by atoms with Crippen LogP contribution in [0.3, 0.4) is 0 Å². The number of fused-ring (bicyclic) bond motifs is 1. The van der Waals surface area contributed by atoms with Crippen LogP contribution < -0.4 is 10.5 Å². The van der Waals surface area contributed by atoms with Gasteiger partial charge in [-0.05, 0) is 18.1 Å². The first kappa shape index (κ1) is 14.5. The lowest BCUT2D eigenvalue weighted by Crippen LogP contribution is -2.34. The topological polar surface area (TPSA) is 81.3 Å². The molecule has 2 aromatic rings. The lowest BCUT2D eigenvalue weighted by Gasteiger charge is -2.24. The van der Waals surface area contributed by atoms with Gasteiger partial charge in [-0.2, -0.15) is 0 Å².